The van der Waals surface area contributed by atoms with Crippen LogP contribution in [0.1, 0.15) is 24.0 Å². The smallest absolute Gasteiger partial charge is 0.140 e. The summed E-state index contributed by atoms with van der Waals surface area (Å²) in [6, 6.07) is 6.14. The van der Waals surface area contributed by atoms with Gasteiger partial charge in [-0.3, -0.25) is 0 Å². The molecule has 66 valence electrons. The van der Waals surface area contributed by atoms with Crippen LogP contribution < -0.4 is 4.74 Å². The van der Waals surface area contributed by atoms with E-state index in [1.807, 2.05) is 6.07 Å². The minimum Gasteiger partial charge on any atom is -0.408 e. The van der Waals surface area contributed by atoms with E-state index in [2.05, 4.69) is 18.2 Å². The molecule has 0 unspecified atom stereocenters. The Hall–Kier alpha value is -1.42. The predicted octanol–water partition coefficient (Wildman–Crippen LogP) is 2.53. The van der Waals surface area contributed by atoms with Crippen LogP contribution in [0, 0.1) is 12.5 Å². The fourth-order valence-corrected chi connectivity index (χ4v) is 1.84. The first-order valence-electron chi connectivity index (χ1n) is 4.64. The van der Waals surface area contributed by atoms with Gasteiger partial charge in [0.1, 0.15) is 11.9 Å². The van der Waals surface area contributed by atoms with Crippen molar-refractivity contribution in [1.82, 2.24) is 0 Å². The highest BCUT2D eigenvalue weighted by atomic mass is 16.5. The lowest BCUT2D eigenvalue weighted by Gasteiger charge is -2.15. The minimum absolute atomic E-state index is 0.795. The van der Waals surface area contributed by atoms with E-state index in [1.54, 1.807) is 0 Å². The molecule has 1 aromatic rings. The molecule has 1 aliphatic rings. The lowest BCUT2D eigenvalue weighted by Crippen LogP contribution is -2.02. The average Bonchev–Trinajstić information content (AvgIpc) is 2.18. The van der Waals surface area contributed by atoms with Gasteiger partial charge in [-0.05, 0) is 48.9 Å². The van der Waals surface area contributed by atoms with Crippen LogP contribution in [0.5, 0.6) is 5.75 Å². The molecule has 0 spiro atoms. The van der Waals surface area contributed by atoms with E-state index < -0.39 is 0 Å². The Morgan fingerprint density at radius 2 is 1.92 bits per heavy atom. The molecule has 1 aromatic carbocycles. The molecule has 1 aliphatic carbocycles. The molecule has 0 amide bonds. The summed E-state index contributed by atoms with van der Waals surface area (Å²) in [4.78, 5) is 0. The topological polar surface area (TPSA) is 9.23 Å². The van der Waals surface area contributed by atoms with Crippen molar-refractivity contribution in [3.8, 4) is 18.3 Å². The van der Waals surface area contributed by atoms with E-state index in [4.69, 9.17) is 11.2 Å². The van der Waals surface area contributed by atoms with Crippen LogP contribution >= 0.6 is 0 Å². The summed E-state index contributed by atoms with van der Waals surface area (Å²) in [5.74, 6) is 0.795. The fraction of sp³-hybridized carbons (Fsp3) is 0.333. The average molecular weight is 172 g/mol. The number of aryl methyl sites for hydroxylation is 2. The zero-order valence-electron chi connectivity index (χ0n) is 7.55. The number of ether oxygens (including phenoxy) is 1. The number of hydrogen-bond donors (Lipinski definition) is 0. The van der Waals surface area contributed by atoms with Gasteiger partial charge in [0.05, 0.1) is 0 Å². The summed E-state index contributed by atoms with van der Waals surface area (Å²) in [6.07, 6.45) is 12.2. The second-order valence-electron chi connectivity index (χ2n) is 3.36. The SMILES string of the molecule is C#COc1ccc2c(c1)CCCC2. The van der Waals surface area contributed by atoms with Crippen molar-refractivity contribution < 1.29 is 4.74 Å². The van der Waals surface area contributed by atoms with Crippen LogP contribution in [-0.2, 0) is 12.8 Å². The zero-order chi connectivity index (χ0) is 9.10. The molecule has 0 saturated carbocycles. The van der Waals surface area contributed by atoms with Crippen molar-refractivity contribution in [3.63, 3.8) is 0 Å². The van der Waals surface area contributed by atoms with Gasteiger partial charge in [-0.25, -0.2) is 0 Å². The molecule has 0 radical (unpaired) electrons. The van der Waals surface area contributed by atoms with E-state index in [9.17, 15) is 0 Å². The molecule has 0 atom stereocenters. The second-order valence-corrected chi connectivity index (χ2v) is 3.36. The van der Waals surface area contributed by atoms with E-state index in [-0.39, 0.29) is 0 Å². The van der Waals surface area contributed by atoms with Crippen molar-refractivity contribution in [2.75, 3.05) is 0 Å². The molecular weight excluding hydrogens is 160 g/mol. The van der Waals surface area contributed by atoms with Crippen molar-refractivity contribution in [3.05, 3.63) is 29.3 Å². The predicted molar refractivity (Wildman–Crippen MR) is 52.5 cm³/mol. The molecular formula is C12H12O. The maximum Gasteiger partial charge on any atom is 0.140 e. The first-order valence-corrected chi connectivity index (χ1v) is 4.64. The van der Waals surface area contributed by atoms with Gasteiger partial charge in [-0.1, -0.05) is 12.5 Å². The van der Waals surface area contributed by atoms with Gasteiger partial charge in [0.15, 0.2) is 0 Å². The number of fused-ring (bicyclic) bond motifs is 1. The lowest BCUT2D eigenvalue weighted by atomic mass is 9.92. The quantitative estimate of drug-likeness (QED) is 0.591. The van der Waals surface area contributed by atoms with Gasteiger partial charge < -0.3 is 4.74 Å². The highest BCUT2D eigenvalue weighted by molar-refractivity contribution is 5.37. The molecule has 0 fully saturated rings. The Labute approximate surface area is 78.7 Å². The Kier molecular flexibility index (Phi) is 2.23. The first-order chi connectivity index (χ1) is 6.40. The Morgan fingerprint density at radius 3 is 2.69 bits per heavy atom. The van der Waals surface area contributed by atoms with Gasteiger partial charge in [-0.2, -0.15) is 0 Å². The van der Waals surface area contributed by atoms with E-state index in [0.717, 1.165) is 12.2 Å². The van der Waals surface area contributed by atoms with E-state index in [0.29, 0.717) is 0 Å². The van der Waals surface area contributed by atoms with Crippen LogP contribution in [0.25, 0.3) is 0 Å². The molecule has 0 heterocycles. The maximum absolute atomic E-state index is 5.06. The molecule has 0 N–H and O–H groups in total. The van der Waals surface area contributed by atoms with Crippen LogP contribution in [0.4, 0.5) is 0 Å². The van der Waals surface area contributed by atoms with Gasteiger partial charge >= 0.3 is 0 Å². The normalized spacial score (nSPS) is 14.4. The van der Waals surface area contributed by atoms with Crippen molar-refractivity contribution >= 4 is 0 Å². The summed E-state index contributed by atoms with van der Waals surface area (Å²) >= 11 is 0. The summed E-state index contributed by atoms with van der Waals surface area (Å²) in [7, 11) is 0. The number of benzene rings is 1. The number of rotatable bonds is 1. The molecule has 0 saturated heterocycles. The van der Waals surface area contributed by atoms with Crippen LogP contribution in [-0.4, -0.2) is 0 Å². The number of terminal acetylenes is 1. The summed E-state index contributed by atoms with van der Waals surface area (Å²) in [5, 5.41) is 0. The van der Waals surface area contributed by atoms with Crippen LogP contribution in [0.3, 0.4) is 0 Å². The van der Waals surface area contributed by atoms with Crippen molar-refractivity contribution in [1.29, 1.82) is 0 Å². The zero-order valence-corrected chi connectivity index (χ0v) is 7.55. The van der Waals surface area contributed by atoms with E-state index >= 15 is 0 Å². The third kappa shape index (κ3) is 1.67. The summed E-state index contributed by atoms with van der Waals surface area (Å²) in [5.41, 5.74) is 2.86. The van der Waals surface area contributed by atoms with Gasteiger partial charge in [0, 0.05) is 0 Å². The van der Waals surface area contributed by atoms with Crippen molar-refractivity contribution in [2.24, 2.45) is 0 Å². The third-order valence-corrected chi connectivity index (χ3v) is 2.50. The Bertz CT molecular complexity index is 347. The van der Waals surface area contributed by atoms with Gasteiger partial charge in [-0.15, -0.1) is 0 Å². The Balaban J connectivity index is 2.31. The van der Waals surface area contributed by atoms with E-state index in [1.165, 1.54) is 30.4 Å². The van der Waals surface area contributed by atoms with Crippen LogP contribution in [0.15, 0.2) is 18.2 Å². The fourth-order valence-electron chi connectivity index (χ4n) is 1.84. The molecule has 0 bridgehead atoms. The highest BCUT2D eigenvalue weighted by Crippen LogP contribution is 2.25. The molecule has 0 aliphatic heterocycles. The molecule has 1 heteroatoms. The minimum atomic E-state index is 0.795. The maximum atomic E-state index is 5.06. The Morgan fingerprint density at radius 1 is 1.15 bits per heavy atom. The molecule has 0 aromatic heterocycles. The standard InChI is InChI=1S/C12H12O/c1-2-13-12-8-7-10-5-3-4-6-11(10)9-12/h1,7-9H,3-6H2. The highest BCUT2D eigenvalue weighted by Gasteiger charge is 2.09. The monoisotopic (exact) mass is 172 g/mol. The second kappa shape index (κ2) is 3.53. The van der Waals surface area contributed by atoms with Gasteiger partial charge in [0.2, 0.25) is 0 Å². The van der Waals surface area contributed by atoms with Gasteiger partial charge in [0.25, 0.3) is 0 Å². The third-order valence-electron chi connectivity index (χ3n) is 2.50. The largest absolute Gasteiger partial charge is 0.408 e. The first kappa shape index (κ1) is 8.19. The number of hydrogen-bond acceptors (Lipinski definition) is 1. The lowest BCUT2D eigenvalue weighted by molar-refractivity contribution is 0.518. The summed E-state index contributed by atoms with van der Waals surface area (Å²) in [6.45, 7) is 0. The van der Waals surface area contributed by atoms with Crippen LogP contribution in [0.2, 0.25) is 0 Å². The summed E-state index contributed by atoms with van der Waals surface area (Å²) < 4.78 is 5.00. The molecule has 13 heavy (non-hydrogen) atoms. The molecule has 1 nitrogen and oxygen atoms in total. The van der Waals surface area contributed by atoms with Crippen molar-refractivity contribution in [2.45, 2.75) is 25.7 Å². The molecule has 2 rings (SSSR count).